The highest BCUT2D eigenvalue weighted by atomic mass is 28.4. The first-order chi connectivity index (χ1) is 9.21. The molecule has 1 aromatic carbocycles. The van der Waals surface area contributed by atoms with Crippen molar-refractivity contribution in [3.05, 3.63) is 35.9 Å². The predicted molar refractivity (Wildman–Crippen MR) is 84.1 cm³/mol. The van der Waals surface area contributed by atoms with E-state index in [0.29, 0.717) is 0 Å². The van der Waals surface area contributed by atoms with Gasteiger partial charge in [0.25, 0.3) is 5.71 Å². The summed E-state index contributed by atoms with van der Waals surface area (Å²) in [7, 11) is -1.86. The predicted octanol–water partition coefficient (Wildman–Crippen LogP) is 4.47. The maximum absolute atomic E-state index is 6.24. The van der Waals surface area contributed by atoms with Crippen molar-refractivity contribution in [1.82, 2.24) is 0 Å². The third kappa shape index (κ3) is 3.06. The Morgan fingerprint density at radius 3 is 2.35 bits per heavy atom. The van der Waals surface area contributed by atoms with E-state index in [1.807, 2.05) is 18.2 Å². The Kier molecular flexibility index (Phi) is 3.96. The van der Waals surface area contributed by atoms with Gasteiger partial charge in [0.2, 0.25) is 6.10 Å². The van der Waals surface area contributed by atoms with E-state index in [0.717, 1.165) is 12.1 Å². The number of nitrogens with zero attached hydrogens (tertiary/aromatic N) is 1. The van der Waals surface area contributed by atoms with Crippen LogP contribution in [0.25, 0.3) is 0 Å². The molecule has 1 aliphatic rings. The largest absolute Gasteiger partial charge is 0.351 e. The van der Waals surface area contributed by atoms with Crippen LogP contribution >= 0.6 is 0 Å². The van der Waals surface area contributed by atoms with Gasteiger partial charge >= 0.3 is 8.32 Å². The van der Waals surface area contributed by atoms with E-state index in [4.69, 9.17) is 9.36 Å². The van der Waals surface area contributed by atoms with Crippen LogP contribution in [0.3, 0.4) is 0 Å². The van der Waals surface area contributed by atoms with Crippen molar-refractivity contribution in [2.45, 2.75) is 58.4 Å². The highest BCUT2D eigenvalue weighted by Crippen LogP contribution is 2.38. The molecule has 3 nitrogen and oxygen atoms in total. The second-order valence-electron chi connectivity index (χ2n) is 7.05. The van der Waals surface area contributed by atoms with Gasteiger partial charge in [-0.25, -0.2) is 4.84 Å². The SMILES string of the molecule is CC1=[N+](O[Si](C)(C)C(C)(C)C)OC(c2ccccc2)C1. The van der Waals surface area contributed by atoms with Gasteiger partial charge in [0, 0.05) is 12.5 Å². The molecule has 0 amide bonds. The van der Waals surface area contributed by atoms with Crippen LogP contribution in [0.1, 0.15) is 45.8 Å². The summed E-state index contributed by atoms with van der Waals surface area (Å²) in [4.78, 5) is 7.68. The maximum Gasteiger partial charge on any atom is 0.351 e. The Morgan fingerprint density at radius 2 is 1.80 bits per heavy atom. The van der Waals surface area contributed by atoms with E-state index < -0.39 is 8.32 Å². The molecule has 4 heteroatoms. The zero-order chi connectivity index (χ0) is 15.0. The molecule has 2 rings (SSSR count). The third-order valence-electron chi connectivity index (χ3n) is 4.30. The summed E-state index contributed by atoms with van der Waals surface area (Å²) in [5.74, 6) is 0. The molecular weight excluding hydrogens is 266 g/mol. The molecule has 0 radical (unpaired) electrons. The Bertz CT molecular complexity index is 503. The second-order valence-corrected chi connectivity index (χ2v) is 11.8. The fraction of sp³-hybridized carbons (Fsp3) is 0.562. The number of hydrogen-bond acceptors (Lipinski definition) is 2. The van der Waals surface area contributed by atoms with Gasteiger partial charge in [0.15, 0.2) is 4.90 Å². The van der Waals surface area contributed by atoms with Crippen LogP contribution in [0, 0.1) is 0 Å². The fourth-order valence-electron chi connectivity index (χ4n) is 1.88. The molecule has 0 spiro atoms. The first-order valence-electron chi connectivity index (χ1n) is 7.24. The normalized spacial score (nSPS) is 20.0. The second kappa shape index (κ2) is 5.24. The molecule has 1 unspecified atom stereocenters. The molecule has 20 heavy (non-hydrogen) atoms. The molecule has 1 aromatic rings. The van der Waals surface area contributed by atoms with Crippen molar-refractivity contribution in [2.24, 2.45) is 0 Å². The highest BCUT2D eigenvalue weighted by Gasteiger charge is 2.48. The van der Waals surface area contributed by atoms with Gasteiger partial charge in [-0.3, -0.25) is 0 Å². The lowest BCUT2D eigenvalue weighted by Crippen LogP contribution is -2.44. The average molecular weight is 292 g/mol. The first kappa shape index (κ1) is 15.1. The minimum absolute atomic E-state index is 0.0703. The van der Waals surface area contributed by atoms with Gasteiger partial charge in [0.05, 0.1) is 6.42 Å². The Balaban J connectivity index is 2.10. The first-order valence-corrected chi connectivity index (χ1v) is 10.1. The van der Waals surface area contributed by atoms with Crippen molar-refractivity contribution in [1.29, 1.82) is 0 Å². The molecule has 0 bridgehead atoms. The van der Waals surface area contributed by atoms with E-state index in [9.17, 15) is 0 Å². The Morgan fingerprint density at radius 1 is 1.20 bits per heavy atom. The Labute approximate surface area is 123 Å². The van der Waals surface area contributed by atoms with Crippen LogP contribution in [0.15, 0.2) is 30.3 Å². The topological polar surface area (TPSA) is 21.5 Å². The van der Waals surface area contributed by atoms with E-state index in [1.54, 1.807) is 4.90 Å². The van der Waals surface area contributed by atoms with Crippen molar-refractivity contribution in [3.63, 3.8) is 0 Å². The van der Waals surface area contributed by atoms with E-state index in [2.05, 4.69) is 52.9 Å². The molecule has 0 fully saturated rings. The Hall–Kier alpha value is -1.29. The lowest BCUT2D eigenvalue weighted by atomic mass is 10.1. The average Bonchev–Trinajstić information content (AvgIpc) is 2.70. The van der Waals surface area contributed by atoms with E-state index >= 15 is 0 Å². The summed E-state index contributed by atoms with van der Waals surface area (Å²) in [5, 5.41) is 0.168. The lowest BCUT2D eigenvalue weighted by molar-refractivity contribution is -0.945. The minimum atomic E-state index is -1.86. The zero-order valence-corrected chi connectivity index (χ0v) is 14.4. The molecule has 1 heterocycles. The van der Waals surface area contributed by atoms with E-state index in [-0.39, 0.29) is 11.1 Å². The molecule has 0 aliphatic carbocycles. The molecule has 0 saturated carbocycles. The van der Waals surface area contributed by atoms with Gasteiger partial charge in [-0.1, -0.05) is 51.1 Å². The molecule has 110 valence electrons. The van der Waals surface area contributed by atoms with Gasteiger partial charge in [-0.15, -0.1) is 0 Å². The fourth-order valence-corrected chi connectivity index (χ4v) is 2.76. The minimum Gasteiger partial charge on any atom is -0.305 e. The van der Waals surface area contributed by atoms with Gasteiger partial charge in [-0.05, 0) is 18.1 Å². The molecule has 1 atom stereocenters. The van der Waals surface area contributed by atoms with Gasteiger partial charge in [-0.2, -0.15) is 0 Å². The summed E-state index contributed by atoms with van der Waals surface area (Å²) >= 11 is 0. The van der Waals surface area contributed by atoms with Gasteiger partial charge in [0.1, 0.15) is 0 Å². The lowest BCUT2D eigenvalue weighted by Gasteiger charge is -2.30. The quantitative estimate of drug-likeness (QED) is 0.766. The third-order valence-corrected chi connectivity index (χ3v) is 8.54. The van der Waals surface area contributed by atoms with Crippen molar-refractivity contribution >= 4 is 14.0 Å². The summed E-state index contributed by atoms with van der Waals surface area (Å²) in [5.41, 5.74) is 2.34. The number of benzene rings is 1. The number of hydrogen-bond donors (Lipinski definition) is 0. The molecule has 0 N–H and O–H groups in total. The monoisotopic (exact) mass is 292 g/mol. The van der Waals surface area contributed by atoms with Crippen molar-refractivity contribution < 1.29 is 14.3 Å². The maximum atomic E-state index is 6.24. The van der Waals surface area contributed by atoms with Crippen LogP contribution in [-0.2, 0) is 9.36 Å². The summed E-state index contributed by atoms with van der Waals surface area (Å²) in [6.45, 7) is 13.3. The summed E-state index contributed by atoms with van der Waals surface area (Å²) in [6.07, 6.45) is 0.958. The van der Waals surface area contributed by atoms with Gasteiger partial charge < -0.3 is 4.53 Å². The van der Waals surface area contributed by atoms with Crippen LogP contribution < -0.4 is 0 Å². The summed E-state index contributed by atoms with van der Waals surface area (Å²) in [6, 6.07) is 10.3. The van der Waals surface area contributed by atoms with Crippen LogP contribution in [0.2, 0.25) is 18.1 Å². The molecule has 0 saturated heterocycles. The molecule has 0 aromatic heterocycles. The summed E-state index contributed by atoms with van der Waals surface area (Å²) < 4.78 is 6.24. The highest BCUT2D eigenvalue weighted by molar-refractivity contribution is 6.73. The van der Waals surface area contributed by atoms with Crippen LogP contribution in [0.5, 0.6) is 0 Å². The van der Waals surface area contributed by atoms with Crippen molar-refractivity contribution in [2.75, 3.05) is 0 Å². The van der Waals surface area contributed by atoms with Crippen LogP contribution in [-0.4, -0.2) is 18.9 Å². The smallest absolute Gasteiger partial charge is 0.305 e. The molecular formula is C16H26NO2Si+. The van der Waals surface area contributed by atoms with Crippen molar-refractivity contribution in [3.8, 4) is 0 Å². The zero-order valence-electron chi connectivity index (χ0n) is 13.4. The number of rotatable bonds is 3. The standard InChI is InChI=1S/C16H26NO2Si/c1-13-12-15(14-10-8-7-9-11-14)18-17(13)19-20(5,6)16(2,3)4/h7-11,15H,12H2,1-6H3/q+1. The van der Waals surface area contributed by atoms with Crippen LogP contribution in [0.4, 0.5) is 0 Å². The van der Waals surface area contributed by atoms with E-state index in [1.165, 1.54) is 5.56 Å². The molecule has 1 aliphatic heterocycles.